The van der Waals surface area contributed by atoms with E-state index in [4.69, 9.17) is 0 Å². The summed E-state index contributed by atoms with van der Waals surface area (Å²) in [6, 6.07) is 0. The summed E-state index contributed by atoms with van der Waals surface area (Å²) in [5.41, 5.74) is 0. The molecular weight excluding hydrogens is 148 g/mol. The number of hydrogen-bond donors (Lipinski definition) is 0. The third-order valence-corrected chi connectivity index (χ3v) is 1.10. The summed E-state index contributed by atoms with van der Waals surface area (Å²) in [6.07, 6.45) is 6.52. The van der Waals surface area contributed by atoms with Crippen LogP contribution in [0.2, 0.25) is 0 Å². The minimum atomic E-state index is 0. The molecule has 0 saturated carbocycles. The van der Waals surface area contributed by atoms with Crippen molar-refractivity contribution in [2.45, 2.75) is 39.0 Å². The average Bonchev–Trinajstić information content (AvgIpc) is 1.69. The van der Waals surface area contributed by atoms with Gasteiger partial charge in [0.05, 0.1) is 0 Å². The van der Waals surface area contributed by atoms with Crippen LogP contribution in [0.1, 0.15) is 39.0 Å². The predicted octanol–water partition coefficient (Wildman–Crippen LogP) is 2.79. The zero-order valence-corrected chi connectivity index (χ0v) is 6.49. The number of unbranched alkanes of at least 4 members (excludes halogenated alkanes) is 4. The second-order valence-electron chi connectivity index (χ2n) is 1.91. The molecule has 1 heteroatoms. The van der Waals surface area contributed by atoms with Crippen molar-refractivity contribution < 1.29 is 17.1 Å². The van der Waals surface area contributed by atoms with Gasteiger partial charge in [0.15, 0.2) is 0 Å². The van der Waals surface area contributed by atoms with Gasteiger partial charge in [-0.1, -0.05) is 32.6 Å². The molecule has 0 aliphatic rings. The summed E-state index contributed by atoms with van der Waals surface area (Å²) < 4.78 is 0. The van der Waals surface area contributed by atoms with E-state index in [1.807, 2.05) is 0 Å². The van der Waals surface area contributed by atoms with Crippen LogP contribution in [0.3, 0.4) is 0 Å². The van der Waals surface area contributed by atoms with E-state index in [1.165, 1.54) is 25.7 Å². The Balaban J connectivity index is 0. The molecule has 0 N–H and O–H groups in total. The number of hydrogen-bond acceptors (Lipinski definition) is 0. The van der Waals surface area contributed by atoms with Gasteiger partial charge in [0.2, 0.25) is 0 Å². The predicted molar refractivity (Wildman–Crippen MR) is 34.1 cm³/mol. The molecular formula is C7H15Cu. The molecule has 0 bridgehead atoms. The molecule has 54 valence electrons. The molecule has 0 aliphatic carbocycles. The van der Waals surface area contributed by atoms with E-state index >= 15 is 0 Å². The Kier molecular flexibility index (Phi) is 14.9. The molecule has 8 heavy (non-hydrogen) atoms. The second-order valence-corrected chi connectivity index (χ2v) is 1.91. The van der Waals surface area contributed by atoms with Crippen molar-refractivity contribution in [1.82, 2.24) is 0 Å². The summed E-state index contributed by atoms with van der Waals surface area (Å²) in [7, 11) is 0. The van der Waals surface area contributed by atoms with E-state index in [9.17, 15) is 0 Å². The zero-order valence-electron chi connectivity index (χ0n) is 5.54. The van der Waals surface area contributed by atoms with Gasteiger partial charge in [0.1, 0.15) is 0 Å². The maximum Gasteiger partial charge on any atom is 1.00 e. The minimum Gasteiger partial charge on any atom is -0.343 e. The van der Waals surface area contributed by atoms with Crippen LogP contribution in [0.15, 0.2) is 0 Å². The van der Waals surface area contributed by atoms with Gasteiger partial charge in [-0.15, -0.1) is 0 Å². The molecule has 0 aromatic carbocycles. The van der Waals surface area contributed by atoms with Crippen LogP contribution >= 0.6 is 0 Å². The van der Waals surface area contributed by atoms with E-state index in [1.54, 1.807) is 0 Å². The molecule has 0 aromatic rings. The van der Waals surface area contributed by atoms with Crippen LogP contribution in [0, 0.1) is 6.92 Å². The molecule has 0 saturated heterocycles. The Morgan fingerprint density at radius 2 is 1.75 bits per heavy atom. The first-order valence-electron chi connectivity index (χ1n) is 3.21. The van der Waals surface area contributed by atoms with Crippen molar-refractivity contribution in [2.24, 2.45) is 0 Å². The molecule has 0 atom stereocenters. The van der Waals surface area contributed by atoms with Crippen LogP contribution in [-0.4, -0.2) is 0 Å². The van der Waals surface area contributed by atoms with E-state index in [-0.39, 0.29) is 17.1 Å². The summed E-state index contributed by atoms with van der Waals surface area (Å²) in [5, 5.41) is 0. The molecule has 0 aromatic heterocycles. The monoisotopic (exact) mass is 162 g/mol. The van der Waals surface area contributed by atoms with Crippen LogP contribution in [0.25, 0.3) is 0 Å². The first-order chi connectivity index (χ1) is 3.41. The van der Waals surface area contributed by atoms with Gasteiger partial charge in [-0.2, -0.15) is 6.42 Å². The van der Waals surface area contributed by atoms with Gasteiger partial charge < -0.3 is 6.92 Å². The first-order valence-corrected chi connectivity index (χ1v) is 3.21. The van der Waals surface area contributed by atoms with Crippen LogP contribution in [0.5, 0.6) is 0 Å². The molecule has 0 aliphatic heterocycles. The zero-order chi connectivity index (χ0) is 5.54. The fourth-order valence-corrected chi connectivity index (χ4v) is 0.604. The van der Waals surface area contributed by atoms with Gasteiger partial charge in [-0.25, -0.2) is 0 Å². The molecule has 0 nitrogen and oxygen atoms in total. The third-order valence-electron chi connectivity index (χ3n) is 1.10. The van der Waals surface area contributed by atoms with Crippen molar-refractivity contribution in [3.05, 3.63) is 6.92 Å². The normalized spacial score (nSPS) is 8.25. The van der Waals surface area contributed by atoms with E-state index in [0.717, 1.165) is 6.42 Å². The summed E-state index contributed by atoms with van der Waals surface area (Å²) in [5.74, 6) is 0. The van der Waals surface area contributed by atoms with E-state index < -0.39 is 0 Å². The molecule has 0 unspecified atom stereocenters. The average molecular weight is 163 g/mol. The Morgan fingerprint density at radius 3 is 2.12 bits per heavy atom. The molecule has 0 spiro atoms. The van der Waals surface area contributed by atoms with Crippen molar-refractivity contribution in [2.75, 3.05) is 0 Å². The molecule has 0 amide bonds. The van der Waals surface area contributed by atoms with Crippen molar-refractivity contribution in [3.8, 4) is 0 Å². The summed E-state index contributed by atoms with van der Waals surface area (Å²) in [6.45, 7) is 5.98. The fourth-order valence-electron chi connectivity index (χ4n) is 0.604. The van der Waals surface area contributed by atoms with Gasteiger partial charge in [0.25, 0.3) is 0 Å². The third kappa shape index (κ3) is 9.72. The van der Waals surface area contributed by atoms with Crippen molar-refractivity contribution in [1.29, 1.82) is 0 Å². The Bertz CT molecular complexity index is 23.6. The standard InChI is InChI=1S/C7H15.Cu/c1-3-5-7-6-4-2;/h1,3-7H2,2H3;/q-1;+1. The Hall–Kier alpha value is 0.519. The topological polar surface area (TPSA) is 0 Å². The van der Waals surface area contributed by atoms with E-state index in [0.29, 0.717) is 0 Å². The summed E-state index contributed by atoms with van der Waals surface area (Å²) >= 11 is 0. The van der Waals surface area contributed by atoms with Gasteiger partial charge in [-0.3, -0.25) is 0 Å². The van der Waals surface area contributed by atoms with Crippen molar-refractivity contribution in [3.63, 3.8) is 0 Å². The quantitative estimate of drug-likeness (QED) is 0.339. The largest absolute Gasteiger partial charge is 1.00 e. The summed E-state index contributed by atoms with van der Waals surface area (Å²) in [4.78, 5) is 0. The smallest absolute Gasteiger partial charge is 0.343 e. The van der Waals surface area contributed by atoms with Crippen molar-refractivity contribution >= 4 is 0 Å². The SMILES string of the molecule is [CH2-]CCCCCC.[Cu+]. The van der Waals surface area contributed by atoms with Crippen LogP contribution in [0.4, 0.5) is 0 Å². The minimum absolute atomic E-state index is 0. The molecule has 0 heterocycles. The van der Waals surface area contributed by atoms with Gasteiger partial charge in [-0.05, 0) is 0 Å². The maximum absolute atomic E-state index is 3.76. The Morgan fingerprint density at radius 1 is 1.12 bits per heavy atom. The molecule has 0 fully saturated rings. The van der Waals surface area contributed by atoms with Gasteiger partial charge >= 0.3 is 17.1 Å². The molecule has 0 rings (SSSR count). The van der Waals surface area contributed by atoms with Gasteiger partial charge in [0, 0.05) is 0 Å². The maximum atomic E-state index is 3.76. The number of rotatable bonds is 4. The first kappa shape index (κ1) is 11.3. The van der Waals surface area contributed by atoms with E-state index in [2.05, 4.69) is 13.8 Å². The van der Waals surface area contributed by atoms with Crippen LogP contribution in [-0.2, 0) is 17.1 Å². The van der Waals surface area contributed by atoms with Crippen LogP contribution < -0.4 is 0 Å². The Labute approximate surface area is 63.5 Å². The fraction of sp³-hybridized carbons (Fsp3) is 0.857. The molecule has 0 radical (unpaired) electrons. The second kappa shape index (κ2) is 10.5.